The van der Waals surface area contributed by atoms with Crippen molar-refractivity contribution in [1.82, 2.24) is 16.1 Å². The number of carbonyl (C=O) groups is 3. The van der Waals surface area contributed by atoms with Crippen molar-refractivity contribution in [2.45, 2.75) is 38.8 Å². The third kappa shape index (κ3) is 6.40. The molecule has 0 bridgehead atoms. The molecule has 0 saturated carbocycles. The minimum Gasteiger partial charge on any atom is -0.391 e. The maximum Gasteiger partial charge on any atom is 0.268 e. The number of hydrogen-bond donors (Lipinski definition) is 5. The largest absolute Gasteiger partial charge is 0.391 e. The van der Waals surface area contributed by atoms with Gasteiger partial charge in [0.1, 0.15) is 6.04 Å². The molecule has 2 rings (SSSR count). The minimum absolute atomic E-state index is 0.00894. The number of carbonyl (C=O) groups excluding carboxylic acids is 3. The average molecular weight is 413 g/mol. The fourth-order valence-electron chi connectivity index (χ4n) is 2.84. The Kier molecular flexibility index (Phi) is 8.52. The molecular weight excluding hydrogens is 386 g/mol. The van der Waals surface area contributed by atoms with Gasteiger partial charge in [0, 0.05) is 12.1 Å². The van der Waals surface area contributed by atoms with Crippen LogP contribution in [0.25, 0.3) is 11.1 Å². The van der Waals surface area contributed by atoms with E-state index in [-0.39, 0.29) is 5.91 Å². The first-order valence-electron chi connectivity index (χ1n) is 9.74. The Hall–Kier alpha value is -3.23. The molecule has 0 aliphatic heterocycles. The van der Waals surface area contributed by atoms with Gasteiger partial charge in [0.2, 0.25) is 5.91 Å². The monoisotopic (exact) mass is 413 g/mol. The highest BCUT2D eigenvalue weighted by atomic mass is 16.5. The second-order valence-corrected chi connectivity index (χ2v) is 6.97. The van der Waals surface area contributed by atoms with Crippen LogP contribution in [-0.2, 0) is 16.0 Å². The average Bonchev–Trinajstić information content (AvgIpc) is 2.75. The molecule has 0 aliphatic carbocycles. The molecule has 0 aliphatic rings. The first kappa shape index (κ1) is 23.1. The van der Waals surface area contributed by atoms with Gasteiger partial charge in [-0.05, 0) is 42.2 Å². The molecule has 5 N–H and O–H groups in total. The van der Waals surface area contributed by atoms with Gasteiger partial charge in [-0.2, -0.15) is 0 Å². The lowest BCUT2D eigenvalue weighted by molar-refractivity contribution is -0.133. The van der Waals surface area contributed by atoms with Crippen LogP contribution in [0.4, 0.5) is 0 Å². The predicted octanol–water partition coefficient (Wildman–Crippen LogP) is 1.41. The van der Waals surface area contributed by atoms with Gasteiger partial charge in [0.05, 0.1) is 12.5 Å². The Morgan fingerprint density at radius 3 is 2.03 bits per heavy atom. The molecule has 2 atom stereocenters. The number of amides is 3. The van der Waals surface area contributed by atoms with E-state index < -0.39 is 24.0 Å². The van der Waals surface area contributed by atoms with Crippen LogP contribution in [0.1, 0.15) is 36.2 Å². The van der Waals surface area contributed by atoms with Gasteiger partial charge in [-0.3, -0.25) is 19.6 Å². The maximum atomic E-state index is 12.3. The van der Waals surface area contributed by atoms with E-state index in [0.717, 1.165) is 23.1 Å². The molecule has 0 saturated heterocycles. The molecule has 8 nitrogen and oxygen atoms in total. The molecule has 0 heterocycles. The van der Waals surface area contributed by atoms with Crippen molar-refractivity contribution in [3.8, 4) is 11.1 Å². The summed E-state index contributed by atoms with van der Waals surface area (Å²) in [7, 11) is 0. The number of nitrogens with one attached hydrogen (secondary N) is 3. The zero-order valence-electron chi connectivity index (χ0n) is 17.0. The lowest BCUT2D eigenvalue weighted by Crippen LogP contribution is -2.51. The summed E-state index contributed by atoms with van der Waals surface area (Å²) in [6.07, 6.45) is 0.0427. The van der Waals surface area contributed by atoms with E-state index in [1.54, 1.807) is 24.3 Å². The van der Waals surface area contributed by atoms with Crippen molar-refractivity contribution in [2.75, 3.05) is 6.54 Å². The molecule has 2 aromatic rings. The summed E-state index contributed by atoms with van der Waals surface area (Å²) in [5.41, 5.74) is 4.45. The molecular formula is C22H27N3O5. The summed E-state index contributed by atoms with van der Waals surface area (Å²) in [5.74, 6) is -1.46. The van der Waals surface area contributed by atoms with Crippen LogP contribution >= 0.6 is 0 Å². The van der Waals surface area contributed by atoms with Crippen LogP contribution in [-0.4, -0.2) is 46.7 Å². The molecule has 0 unspecified atom stereocenters. The lowest BCUT2D eigenvalue weighted by atomic mass is 10.0. The van der Waals surface area contributed by atoms with Crippen molar-refractivity contribution >= 4 is 17.7 Å². The van der Waals surface area contributed by atoms with Crippen LogP contribution in [0.2, 0.25) is 0 Å². The predicted molar refractivity (Wildman–Crippen MR) is 112 cm³/mol. The van der Waals surface area contributed by atoms with Crippen LogP contribution in [0.3, 0.4) is 0 Å². The summed E-state index contributed by atoms with van der Waals surface area (Å²) < 4.78 is 0. The van der Waals surface area contributed by atoms with Crippen molar-refractivity contribution in [2.24, 2.45) is 0 Å². The zero-order chi connectivity index (χ0) is 22.1. The van der Waals surface area contributed by atoms with Gasteiger partial charge in [-0.1, -0.05) is 43.3 Å². The smallest absolute Gasteiger partial charge is 0.268 e. The third-order valence-electron chi connectivity index (χ3n) is 4.53. The minimum atomic E-state index is -1.27. The Labute approximate surface area is 175 Å². The standard InChI is InChI=1S/C22H27N3O5/c1-3-12-23-19(27)13-15-4-6-16(7-5-15)17-8-10-18(11-9-17)21(28)24-20(14(2)26)22(29)25-30/h4-11,14,20,26,30H,3,12-13H2,1-2H3,(H,23,27)(H,24,28)(H,25,29)/t14-,20+/m1/s1. The van der Waals surface area contributed by atoms with E-state index in [9.17, 15) is 19.5 Å². The molecule has 0 radical (unpaired) electrons. The van der Waals surface area contributed by atoms with Gasteiger partial charge in [0.25, 0.3) is 11.8 Å². The Morgan fingerprint density at radius 1 is 0.967 bits per heavy atom. The summed E-state index contributed by atoms with van der Waals surface area (Å²) in [6, 6.07) is 13.1. The number of benzene rings is 2. The lowest BCUT2D eigenvalue weighted by Gasteiger charge is -2.19. The second-order valence-electron chi connectivity index (χ2n) is 6.97. The second kappa shape index (κ2) is 11.1. The van der Waals surface area contributed by atoms with E-state index >= 15 is 0 Å². The fraction of sp³-hybridized carbons (Fsp3) is 0.318. The molecule has 30 heavy (non-hydrogen) atoms. The number of hydrogen-bond acceptors (Lipinski definition) is 5. The van der Waals surface area contributed by atoms with E-state index in [1.807, 2.05) is 31.2 Å². The number of aliphatic hydroxyl groups is 1. The molecule has 3 amide bonds. The van der Waals surface area contributed by atoms with Gasteiger partial charge in [0.15, 0.2) is 0 Å². The van der Waals surface area contributed by atoms with E-state index in [4.69, 9.17) is 5.21 Å². The Bertz CT molecular complexity index is 863. The van der Waals surface area contributed by atoms with Crippen molar-refractivity contribution in [1.29, 1.82) is 0 Å². The van der Waals surface area contributed by atoms with Crippen LogP contribution < -0.4 is 16.1 Å². The maximum absolute atomic E-state index is 12.3. The summed E-state index contributed by atoms with van der Waals surface area (Å²) in [4.78, 5) is 35.7. The van der Waals surface area contributed by atoms with Crippen LogP contribution in [0, 0.1) is 0 Å². The highest BCUT2D eigenvalue weighted by Crippen LogP contribution is 2.21. The Morgan fingerprint density at radius 2 is 1.53 bits per heavy atom. The molecule has 0 fully saturated rings. The van der Waals surface area contributed by atoms with E-state index in [1.165, 1.54) is 12.4 Å². The third-order valence-corrected chi connectivity index (χ3v) is 4.53. The van der Waals surface area contributed by atoms with Gasteiger partial charge >= 0.3 is 0 Å². The Balaban J connectivity index is 2.03. The van der Waals surface area contributed by atoms with Crippen molar-refractivity contribution in [3.63, 3.8) is 0 Å². The quantitative estimate of drug-likeness (QED) is 0.314. The topological polar surface area (TPSA) is 128 Å². The van der Waals surface area contributed by atoms with Gasteiger partial charge in [-0.25, -0.2) is 5.48 Å². The first-order chi connectivity index (χ1) is 14.3. The summed E-state index contributed by atoms with van der Waals surface area (Å²) in [6.45, 7) is 4.00. The van der Waals surface area contributed by atoms with Crippen molar-refractivity contribution in [3.05, 3.63) is 59.7 Å². The van der Waals surface area contributed by atoms with Gasteiger partial charge < -0.3 is 15.7 Å². The van der Waals surface area contributed by atoms with E-state index in [2.05, 4.69) is 10.6 Å². The van der Waals surface area contributed by atoms with Crippen LogP contribution in [0.15, 0.2) is 48.5 Å². The SMILES string of the molecule is CCCNC(=O)Cc1ccc(-c2ccc(C(=O)N[C@H](C(=O)NO)[C@@H](C)O)cc2)cc1. The fourth-order valence-corrected chi connectivity index (χ4v) is 2.84. The number of rotatable bonds is 9. The summed E-state index contributed by atoms with van der Waals surface area (Å²) >= 11 is 0. The van der Waals surface area contributed by atoms with E-state index in [0.29, 0.717) is 18.5 Å². The number of aliphatic hydroxyl groups excluding tert-OH is 1. The zero-order valence-corrected chi connectivity index (χ0v) is 17.0. The van der Waals surface area contributed by atoms with Crippen LogP contribution in [0.5, 0.6) is 0 Å². The number of hydroxylamine groups is 1. The molecule has 8 heteroatoms. The normalized spacial score (nSPS) is 12.5. The molecule has 0 spiro atoms. The molecule has 160 valence electrons. The first-order valence-corrected chi connectivity index (χ1v) is 9.74. The summed E-state index contributed by atoms with van der Waals surface area (Å²) in [5, 5.41) is 23.6. The van der Waals surface area contributed by atoms with Crippen molar-refractivity contribution < 1.29 is 24.7 Å². The highest BCUT2D eigenvalue weighted by molar-refractivity contribution is 5.98. The molecule has 0 aromatic heterocycles. The molecule has 2 aromatic carbocycles. The highest BCUT2D eigenvalue weighted by Gasteiger charge is 2.25. The van der Waals surface area contributed by atoms with Gasteiger partial charge in [-0.15, -0.1) is 0 Å².